The first kappa shape index (κ1) is 14.7. The van der Waals surface area contributed by atoms with Gasteiger partial charge in [0.15, 0.2) is 0 Å². The molecule has 0 bridgehead atoms. The second kappa shape index (κ2) is 6.13. The van der Waals surface area contributed by atoms with Crippen LogP contribution in [0.1, 0.15) is 20.8 Å². The van der Waals surface area contributed by atoms with Gasteiger partial charge in [0.1, 0.15) is 11.3 Å². The standard InChI is InChI=1S/C15H24N4O/c1-5-18(4)9-10-19-12-7-6-8-13(20-11(2)3)14(12)17-15(19)16/h6-8,11H,5,9-10H2,1-4H3,(H2,16,17). The van der Waals surface area contributed by atoms with E-state index >= 15 is 0 Å². The van der Waals surface area contributed by atoms with Crippen LogP contribution in [0.25, 0.3) is 11.0 Å². The number of nitrogen functional groups attached to an aromatic ring is 1. The van der Waals surface area contributed by atoms with E-state index in [-0.39, 0.29) is 6.10 Å². The molecule has 0 spiro atoms. The maximum atomic E-state index is 6.06. The molecule has 0 aliphatic heterocycles. The lowest BCUT2D eigenvalue weighted by Crippen LogP contribution is -2.23. The fourth-order valence-electron chi connectivity index (χ4n) is 2.15. The fraction of sp³-hybridized carbons (Fsp3) is 0.533. The van der Waals surface area contributed by atoms with Crippen molar-refractivity contribution < 1.29 is 4.74 Å². The summed E-state index contributed by atoms with van der Waals surface area (Å²) in [4.78, 5) is 6.72. The summed E-state index contributed by atoms with van der Waals surface area (Å²) in [5.41, 5.74) is 7.94. The SMILES string of the molecule is CCN(C)CCn1c(N)nc2c(OC(C)C)cccc21. The van der Waals surface area contributed by atoms with Gasteiger partial charge in [0, 0.05) is 13.1 Å². The number of fused-ring (bicyclic) bond motifs is 1. The van der Waals surface area contributed by atoms with E-state index in [0.717, 1.165) is 36.4 Å². The van der Waals surface area contributed by atoms with Gasteiger partial charge in [0.05, 0.1) is 11.6 Å². The molecule has 0 aliphatic rings. The Hall–Kier alpha value is -1.75. The van der Waals surface area contributed by atoms with Crippen LogP contribution in [-0.2, 0) is 6.54 Å². The Kier molecular flexibility index (Phi) is 4.49. The predicted octanol–water partition coefficient (Wildman–Crippen LogP) is 2.36. The number of imidazole rings is 1. The van der Waals surface area contributed by atoms with Crippen LogP contribution in [-0.4, -0.2) is 40.7 Å². The molecule has 0 saturated heterocycles. The molecular weight excluding hydrogens is 252 g/mol. The third-order valence-electron chi connectivity index (χ3n) is 3.38. The first-order valence-electron chi connectivity index (χ1n) is 7.12. The van der Waals surface area contributed by atoms with E-state index in [4.69, 9.17) is 10.5 Å². The molecule has 5 heteroatoms. The van der Waals surface area contributed by atoms with E-state index in [1.165, 1.54) is 0 Å². The van der Waals surface area contributed by atoms with Crippen molar-refractivity contribution in [2.45, 2.75) is 33.4 Å². The van der Waals surface area contributed by atoms with Crippen molar-refractivity contribution in [2.75, 3.05) is 25.9 Å². The van der Waals surface area contributed by atoms with Crippen LogP contribution < -0.4 is 10.5 Å². The number of anilines is 1. The first-order chi connectivity index (χ1) is 9.52. The summed E-state index contributed by atoms with van der Waals surface area (Å²) in [6, 6.07) is 5.97. The molecule has 1 aromatic carbocycles. The Bertz CT molecular complexity index is 577. The summed E-state index contributed by atoms with van der Waals surface area (Å²) in [6.07, 6.45) is 0.123. The summed E-state index contributed by atoms with van der Waals surface area (Å²) < 4.78 is 7.85. The average molecular weight is 276 g/mol. The summed E-state index contributed by atoms with van der Waals surface area (Å²) in [7, 11) is 2.10. The predicted molar refractivity (Wildman–Crippen MR) is 83.1 cm³/mol. The molecule has 2 rings (SSSR count). The monoisotopic (exact) mass is 276 g/mol. The van der Waals surface area contributed by atoms with Gasteiger partial charge in [0.25, 0.3) is 0 Å². The number of rotatable bonds is 6. The van der Waals surface area contributed by atoms with E-state index in [9.17, 15) is 0 Å². The minimum absolute atomic E-state index is 0.123. The van der Waals surface area contributed by atoms with Crippen molar-refractivity contribution in [3.05, 3.63) is 18.2 Å². The number of aromatic nitrogens is 2. The lowest BCUT2D eigenvalue weighted by molar-refractivity contribution is 0.245. The van der Waals surface area contributed by atoms with Crippen LogP contribution in [0.5, 0.6) is 5.75 Å². The van der Waals surface area contributed by atoms with E-state index < -0.39 is 0 Å². The van der Waals surface area contributed by atoms with Crippen molar-refractivity contribution in [3.8, 4) is 5.75 Å². The Morgan fingerprint density at radius 3 is 2.80 bits per heavy atom. The van der Waals surface area contributed by atoms with Gasteiger partial charge in [-0.2, -0.15) is 0 Å². The zero-order valence-corrected chi connectivity index (χ0v) is 12.8. The van der Waals surface area contributed by atoms with E-state index in [0.29, 0.717) is 5.95 Å². The molecule has 20 heavy (non-hydrogen) atoms. The average Bonchev–Trinajstić information content (AvgIpc) is 2.72. The molecule has 0 fully saturated rings. The number of nitrogens with zero attached hydrogens (tertiary/aromatic N) is 3. The van der Waals surface area contributed by atoms with E-state index in [1.54, 1.807) is 0 Å². The third-order valence-corrected chi connectivity index (χ3v) is 3.38. The van der Waals surface area contributed by atoms with Crippen LogP contribution in [0.2, 0.25) is 0 Å². The second-order valence-electron chi connectivity index (χ2n) is 5.31. The first-order valence-corrected chi connectivity index (χ1v) is 7.12. The Labute approximate surface area is 120 Å². The molecule has 0 saturated carbocycles. The number of likely N-dealkylation sites (N-methyl/N-ethyl adjacent to an activating group) is 1. The largest absolute Gasteiger partial charge is 0.489 e. The minimum atomic E-state index is 0.123. The van der Waals surface area contributed by atoms with Gasteiger partial charge in [-0.05, 0) is 39.6 Å². The highest BCUT2D eigenvalue weighted by molar-refractivity contribution is 5.84. The Balaban J connectivity index is 2.34. The Morgan fingerprint density at radius 1 is 1.40 bits per heavy atom. The third kappa shape index (κ3) is 3.04. The molecule has 0 radical (unpaired) electrons. The maximum Gasteiger partial charge on any atom is 0.201 e. The minimum Gasteiger partial charge on any atom is -0.489 e. The topological polar surface area (TPSA) is 56.3 Å². The van der Waals surface area contributed by atoms with Crippen LogP contribution >= 0.6 is 0 Å². The summed E-state index contributed by atoms with van der Waals surface area (Å²) in [5, 5.41) is 0. The van der Waals surface area contributed by atoms with Gasteiger partial charge in [-0.1, -0.05) is 13.0 Å². The lowest BCUT2D eigenvalue weighted by atomic mass is 10.3. The highest BCUT2D eigenvalue weighted by Crippen LogP contribution is 2.27. The molecule has 0 atom stereocenters. The van der Waals surface area contributed by atoms with Crippen molar-refractivity contribution in [1.82, 2.24) is 14.5 Å². The summed E-state index contributed by atoms with van der Waals surface area (Å²) in [5.74, 6) is 1.34. The highest BCUT2D eigenvalue weighted by atomic mass is 16.5. The molecule has 110 valence electrons. The normalized spacial score (nSPS) is 11.7. The number of benzene rings is 1. The van der Waals surface area contributed by atoms with Crippen LogP contribution in [0.15, 0.2) is 18.2 Å². The maximum absolute atomic E-state index is 6.06. The molecule has 1 heterocycles. The van der Waals surface area contributed by atoms with Gasteiger partial charge in [-0.3, -0.25) is 0 Å². The number of hydrogen-bond acceptors (Lipinski definition) is 4. The summed E-state index contributed by atoms with van der Waals surface area (Å²) in [6.45, 7) is 8.96. The van der Waals surface area contributed by atoms with Gasteiger partial charge in [-0.25, -0.2) is 4.98 Å². The second-order valence-corrected chi connectivity index (χ2v) is 5.31. The van der Waals surface area contributed by atoms with Crippen LogP contribution in [0, 0.1) is 0 Å². The van der Waals surface area contributed by atoms with Crippen LogP contribution in [0.3, 0.4) is 0 Å². The molecule has 0 aliphatic carbocycles. The molecule has 0 unspecified atom stereocenters. The van der Waals surface area contributed by atoms with Crippen molar-refractivity contribution in [1.29, 1.82) is 0 Å². The Morgan fingerprint density at radius 2 is 2.15 bits per heavy atom. The van der Waals surface area contributed by atoms with Gasteiger partial charge in [0.2, 0.25) is 5.95 Å². The lowest BCUT2D eigenvalue weighted by Gasteiger charge is -2.15. The summed E-state index contributed by atoms with van der Waals surface area (Å²) >= 11 is 0. The van der Waals surface area contributed by atoms with Gasteiger partial charge in [-0.15, -0.1) is 0 Å². The number of ether oxygens (including phenoxy) is 1. The molecular formula is C15H24N4O. The molecule has 1 aromatic heterocycles. The highest BCUT2D eigenvalue weighted by Gasteiger charge is 2.13. The van der Waals surface area contributed by atoms with Crippen LogP contribution in [0.4, 0.5) is 5.95 Å². The number of hydrogen-bond donors (Lipinski definition) is 1. The van der Waals surface area contributed by atoms with Crippen molar-refractivity contribution >= 4 is 17.0 Å². The van der Waals surface area contributed by atoms with Gasteiger partial charge >= 0.3 is 0 Å². The molecule has 0 amide bonds. The zero-order chi connectivity index (χ0) is 14.7. The number of para-hydroxylation sites is 1. The van der Waals surface area contributed by atoms with Crippen molar-refractivity contribution in [3.63, 3.8) is 0 Å². The molecule has 2 N–H and O–H groups in total. The smallest absolute Gasteiger partial charge is 0.201 e. The zero-order valence-electron chi connectivity index (χ0n) is 12.8. The van der Waals surface area contributed by atoms with Gasteiger partial charge < -0.3 is 19.9 Å². The van der Waals surface area contributed by atoms with Crippen molar-refractivity contribution in [2.24, 2.45) is 0 Å². The fourth-order valence-corrected chi connectivity index (χ4v) is 2.15. The quantitative estimate of drug-likeness (QED) is 0.880. The molecule has 2 aromatic rings. The number of nitrogens with two attached hydrogens (primary N) is 1. The van der Waals surface area contributed by atoms with E-state index in [2.05, 4.69) is 28.4 Å². The van der Waals surface area contributed by atoms with E-state index in [1.807, 2.05) is 32.0 Å². The molecule has 5 nitrogen and oxygen atoms in total.